The summed E-state index contributed by atoms with van der Waals surface area (Å²) in [6.07, 6.45) is 2.77. The monoisotopic (exact) mass is 233 g/mol. The molecular formula is C14H16ClN. The Bertz CT molecular complexity index is 474. The average Bonchev–Trinajstić information content (AvgIpc) is 2.29. The smallest absolute Gasteiger partial charge is 0.0704 e. The first-order valence-corrected chi connectivity index (χ1v) is 6.09. The summed E-state index contributed by atoms with van der Waals surface area (Å²) in [6, 6.07) is 10.3. The van der Waals surface area contributed by atoms with Crippen molar-refractivity contribution in [2.45, 2.75) is 25.6 Å². The Morgan fingerprint density at radius 3 is 2.69 bits per heavy atom. The molecule has 1 aromatic heterocycles. The molecular weight excluding hydrogens is 218 g/mol. The predicted molar refractivity (Wildman–Crippen MR) is 69.9 cm³/mol. The van der Waals surface area contributed by atoms with Crippen LogP contribution in [-0.4, -0.2) is 10.4 Å². The summed E-state index contributed by atoms with van der Waals surface area (Å²) in [5, 5.41) is 1.40. The predicted octanol–water partition coefficient (Wildman–Crippen LogP) is 4.04. The van der Waals surface area contributed by atoms with E-state index in [0.717, 1.165) is 11.9 Å². The van der Waals surface area contributed by atoms with Crippen LogP contribution in [0.15, 0.2) is 36.5 Å². The van der Waals surface area contributed by atoms with Crippen molar-refractivity contribution < 1.29 is 0 Å². The van der Waals surface area contributed by atoms with Gasteiger partial charge in [-0.25, -0.2) is 0 Å². The average molecular weight is 234 g/mol. The minimum atomic E-state index is 0.186. The highest BCUT2D eigenvalue weighted by molar-refractivity contribution is 6.21. The third-order valence-corrected chi connectivity index (χ3v) is 3.54. The van der Waals surface area contributed by atoms with E-state index in [1.54, 1.807) is 0 Å². The highest BCUT2D eigenvalue weighted by atomic mass is 35.5. The number of hydrogen-bond acceptors (Lipinski definition) is 1. The zero-order valence-electron chi connectivity index (χ0n) is 9.65. The van der Waals surface area contributed by atoms with Gasteiger partial charge in [0.05, 0.1) is 5.52 Å². The number of alkyl halides is 1. The lowest BCUT2D eigenvalue weighted by Crippen LogP contribution is -2.11. The van der Waals surface area contributed by atoms with Crippen LogP contribution in [0.1, 0.15) is 19.4 Å². The molecule has 0 saturated carbocycles. The Labute approximate surface area is 101 Å². The summed E-state index contributed by atoms with van der Waals surface area (Å²) in [7, 11) is 0. The second kappa shape index (κ2) is 4.84. The van der Waals surface area contributed by atoms with E-state index in [1.165, 1.54) is 10.9 Å². The van der Waals surface area contributed by atoms with Crippen molar-refractivity contribution in [2.75, 3.05) is 0 Å². The number of hydrogen-bond donors (Lipinski definition) is 0. The summed E-state index contributed by atoms with van der Waals surface area (Å²) in [4.78, 5) is 4.35. The number of pyridine rings is 1. The number of aromatic nitrogens is 1. The number of fused-ring (bicyclic) bond motifs is 1. The van der Waals surface area contributed by atoms with Gasteiger partial charge in [0.25, 0.3) is 0 Å². The van der Waals surface area contributed by atoms with E-state index in [9.17, 15) is 0 Å². The maximum absolute atomic E-state index is 6.33. The van der Waals surface area contributed by atoms with Crippen molar-refractivity contribution in [2.24, 2.45) is 5.92 Å². The second-order valence-corrected chi connectivity index (χ2v) is 5.01. The van der Waals surface area contributed by atoms with Gasteiger partial charge in [0.2, 0.25) is 0 Å². The highest BCUT2D eigenvalue weighted by Gasteiger charge is 2.12. The summed E-state index contributed by atoms with van der Waals surface area (Å²) in [5.41, 5.74) is 2.34. The van der Waals surface area contributed by atoms with E-state index in [-0.39, 0.29) is 5.38 Å². The number of rotatable bonds is 3. The first kappa shape index (κ1) is 11.4. The van der Waals surface area contributed by atoms with Crippen LogP contribution in [0.25, 0.3) is 10.9 Å². The van der Waals surface area contributed by atoms with Gasteiger partial charge in [-0.15, -0.1) is 11.6 Å². The molecule has 2 aromatic rings. The Balaban J connectivity index is 2.37. The molecule has 1 heterocycles. The molecule has 1 atom stereocenters. The molecule has 1 nitrogen and oxygen atoms in total. The first-order chi connectivity index (χ1) is 7.68. The van der Waals surface area contributed by atoms with Crippen LogP contribution in [-0.2, 0) is 6.42 Å². The van der Waals surface area contributed by atoms with Gasteiger partial charge in [-0.2, -0.15) is 0 Å². The first-order valence-electron chi connectivity index (χ1n) is 5.65. The summed E-state index contributed by atoms with van der Waals surface area (Å²) < 4.78 is 0. The summed E-state index contributed by atoms with van der Waals surface area (Å²) >= 11 is 6.33. The Morgan fingerprint density at radius 1 is 1.19 bits per heavy atom. The molecule has 2 rings (SSSR count). The van der Waals surface area contributed by atoms with Gasteiger partial charge in [0, 0.05) is 17.0 Å². The quantitative estimate of drug-likeness (QED) is 0.730. The lowest BCUT2D eigenvalue weighted by molar-refractivity contribution is 0.597. The van der Waals surface area contributed by atoms with Gasteiger partial charge < -0.3 is 0 Å². The molecule has 0 spiro atoms. The molecule has 2 heteroatoms. The minimum Gasteiger partial charge on any atom is -0.256 e. The van der Waals surface area contributed by atoms with E-state index in [0.29, 0.717) is 5.92 Å². The van der Waals surface area contributed by atoms with Crippen molar-refractivity contribution in [3.63, 3.8) is 0 Å². The second-order valence-electron chi connectivity index (χ2n) is 4.45. The van der Waals surface area contributed by atoms with Crippen molar-refractivity contribution in [1.82, 2.24) is 4.98 Å². The molecule has 0 aliphatic heterocycles. The zero-order chi connectivity index (χ0) is 11.5. The zero-order valence-corrected chi connectivity index (χ0v) is 10.4. The molecule has 0 N–H and O–H groups in total. The van der Waals surface area contributed by atoms with E-state index in [1.807, 2.05) is 24.4 Å². The Kier molecular flexibility index (Phi) is 3.45. The molecule has 0 bridgehead atoms. The molecule has 1 unspecified atom stereocenters. The van der Waals surface area contributed by atoms with Crippen molar-refractivity contribution in [3.8, 4) is 0 Å². The normalized spacial score (nSPS) is 13.2. The van der Waals surface area contributed by atoms with Crippen LogP contribution in [0.2, 0.25) is 0 Å². The van der Waals surface area contributed by atoms with Crippen LogP contribution < -0.4 is 0 Å². The van der Waals surface area contributed by atoms with Gasteiger partial charge in [0.15, 0.2) is 0 Å². The SMILES string of the molecule is CC(C)C(Cl)Cc1ccnc2ccccc12. The molecule has 0 saturated heterocycles. The molecule has 0 amide bonds. The maximum atomic E-state index is 6.33. The van der Waals surface area contributed by atoms with Gasteiger partial charge >= 0.3 is 0 Å². The third-order valence-electron chi connectivity index (χ3n) is 2.88. The van der Waals surface area contributed by atoms with E-state index >= 15 is 0 Å². The fourth-order valence-corrected chi connectivity index (χ4v) is 1.95. The van der Waals surface area contributed by atoms with E-state index < -0.39 is 0 Å². The molecule has 0 aliphatic rings. The Hall–Kier alpha value is -1.08. The van der Waals surface area contributed by atoms with Crippen molar-refractivity contribution in [3.05, 3.63) is 42.1 Å². The number of para-hydroxylation sites is 1. The van der Waals surface area contributed by atoms with Crippen LogP contribution >= 0.6 is 11.6 Å². The third kappa shape index (κ3) is 2.35. The molecule has 84 valence electrons. The number of halogens is 1. The minimum absolute atomic E-state index is 0.186. The van der Waals surface area contributed by atoms with Crippen LogP contribution in [0.3, 0.4) is 0 Å². The van der Waals surface area contributed by atoms with Crippen molar-refractivity contribution in [1.29, 1.82) is 0 Å². The van der Waals surface area contributed by atoms with Crippen LogP contribution in [0.4, 0.5) is 0 Å². The van der Waals surface area contributed by atoms with Gasteiger partial charge in [-0.3, -0.25) is 4.98 Å². The standard InChI is InChI=1S/C14H16ClN/c1-10(2)13(15)9-11-7-8-16-14-6-4-3-5-12(11)14/h3-8,10,13H,9H2,1-2H3. The molecule has 16 heavy (non-hydrogen) atoms. The largest absolute Gasteiger partial charge is 0.256 e. The lowest BCUT2D eigenvalue weighted by atomic mass is 9.99. The van der Waals surface area contributed by atoms with Gasteiger partial charge in [0.1, 0.15) is 0 Å². The van der Waals surface area contributed by atoms with Gasteiger partial charge in [-0.05, 0) is 30.0 Å². The van der Waals surface area contributed by atoms with Crippen molar-refractivity contribution >= 4 is 22.5 Å². The number of benzene rings is 1. The topological polar surface area (TPSA) is 12.9 Å². The number of nitrogens with zero attached hydrogens (tertiary/aromatic N) is 1. The summed E-state index contributed by atoms with van der Waals surface area (Å²) in [6.45, 7) is 4.31. The highest BCUT2D eigenvalue weighted by Crippen LogP contribution is 2.21. The van der Waals surface area contributed by atoms with Crippen LogP contribution in [0.5, 0.6) is 0 Å². The molecule has 0 aliphatic carbocycles. The Morgan fingerprint density at radius 2 is 1.94 bits per heavy atom. The summed E-state index contributed by atoms with van der Waals surface area (Å²) in [5.74, 6) is 0.494. The van der Waals surface area contributed by atoms with E-state index in [2.05, 4.69) is 31.0 Å². The molecule has 0 radical (unpaired) electrons. The van der Waals surface area contributed by atoms with Gasteiger partial charge in [-0.1, -0.05) is 32.0 Å². The molecule has 1 aromatic carbocycles. The lowest BCUT2D eigenvalue weighted by Gasteiger charge is -2.14. The maximum Gasteiger partial charge on any atom is 0.0704 e. The van der Waals surface area contributed by atoms with E-state index in [4.69, 9.17) is 11.6 Å². The fourth-order valence-electron chi connectivity index (χ4n) is 1.78. The fraction of sp³-hybridized carbons (Fsp3) is 0.357. The van der Waals surface area contributed by atoms with Crippen LogP contribution in [0, 0.1) is 5.92 Å². The molecule has 0 fully saturated rings.